The molecule has 6 nitrogen and oxygen atoms in total. The van der Waals surface area contributed by atoms with Gasteiger partial charge in [0.25, 0.3) is 0 Å². The zero-order valence-electron chi connectivity index (χ0n) is 14.0. The number of thiophene rings is 1. The van der Waals surface area contributed by atoms with Crippen LogP contribution >= 0.6 is 11.3 Å². The predicted molar refractivity (Wildman–Crippen MR) is 109 cm³/mol. The zero-order valence-corrected chi connectivity index (χ0v) is 14.9. The Balaban J connectivity index is 1.76. The molecule has 0 unspecified atom stereocenters. The third kappa shape index (κ3) is 3.16. The van der Waals surface area contributed by atoms with Crippen molar-refractivity contribution in [3.05, 3.63) is 82.2 Å². The van der Waals surface area contributed by atoms with Crippen molar-refractivity contribution in [3.63, 3.8) is 0 Å². The van der Waals surface area contributed by atoms with E-state index in [-0.39, 0.29) is 11.5 Å². The third-order valence-corrected chi connectivity index (χ3v) is 5.24. The number of nitrogens with one attached hydrogen (secondary N) is 1. The highest BCUT2D eigenvalue weighted by molar-refractivity contribution is 7.21. The number of benzene rings is 2. The van der Waals surface area contributed by atoms with Crippen molar-refractivity contribution in [3.8, 4) is 0 Å². The first-order valence-corrected chi connectivity index (χ1v) is 8.96. The summed E-state index contributed by atoms with van der Waals surface area (Å²) in [4.78, 5) is 28.9. The number of hydrogen-bond acceptors (Lipinski definition) is 7. The smallest absolute Gasteiger partial charge is 0.205 e. The molecule has 4 rings (SSSR count). The van der Waals surface area contributed by atoms with Crippen LogP contribution < -0.4 is 11.1 Å². The number of carbonyl (C=O) groups excluding carboxylic acids is 1. The summed E-state index contributed by atoms with van der Waals surface area (Å²) in [6.07, 6.45) is 1.68. The Kier molecular flexibility index (Phi) is 4.35. The molecular formula is C20H14N4O2S. The highest BCUT2D eigenvalue weighted by atomic mass is 32.1. The lowest BCUT2D eigenvalue weighted by atomic mass is 10.1. The second-order valence-corrected chi connectivity index (χ2v) is 6.84. The summed E-state index contributed by atoms with van der Waals surface area (Å²) < 4.78 is 0. The molecule has 2 aromatic carbocycles. The van der Waals surface area contributed by atoms with Gasteiger partial charge < -0.3 is 11.1 Å². The van der Waals surface area contributed by atoms with Gasteiger partial charge in [-0.25, -0.2) is 4.98 Å². The lowest BCUT2D eigenvalue weighted by Crippen LogP contribution is -2.02. The van der Waals surface area contributed by atoms with Crippen LogP contribution in [0.4, 0.5) is 22.7 Å². The minimum absolute atomic E-state index is 0.210. The topological polar surface area (TPSA) is 97.4 Å². The van der Waals surface area contributed by atoms with Crippen LogP contribution in [-0.2, 0) is 0 Å². The predicted octanol–water partition coefficient (Wildman–Crippen LogP) is 5.25. The quantitative estimate of drug-likeness (QED) is 0.367. The van der Waals surface area contributed by atoms with E-state index in [9.17, 15) is 9.70 Å². The molecular weight excluding hydrogens is 360 g/mol. The summed E-state index contributed by atoms with van der Waals surface area (Å²) in [6.45, 7) is 0. The Labute approximate surface area is 158 Å². The van der Waals surface area contributed by atoms with Gasteiger partial charge in [-0.1, -0.05) is 18.2 Å². The van der Waals surface area contributed by atoms with E-state index in [0.29, 0.717) is 21.0 Å². The van der Waals surface area contributed by atoms with E-state index in [1.54, 1.807) is 18.3 Å². The van der Waals surface area contributed by atoms with E-state index in [1.165, 1.54) is 23.5 Å². The van der Waals surface area contributed by atoms with E-state index in [1.807, 2.05) is 36.4 Å². The Bertz CT molecular complexity index is 1140. The first-order valence-electron chi connectivity index (χ1n) is 8.14. The fourth-order valence-electron chi connectivity index (χ4n) is 2.80. The van der Waals surface area contributed by atoms with E-state index in [4.69, 9.17) is 5.73 Å². The largest absolute Gasteiger partial charge is 0.397 e. The number of rotatable bonds is 5. The van der Waals surface area contributed by atoms with E-state index in [0.717, 1.165) is 16.8 Å². The van der Waals surface area contributed by atoms with Gasteiger partial charge in [0.05, 0.1) is 16.8 Å². The minimum Gasteiger partial charge on any atom is -0.397 e. The maximum atomic E-state index is 12.9. The Morgan fingerprint density at radius 2 is 1.78 bits per heavy atom. The van der Waals surface area contributed by atoms with Gasteiger partial charge in [0, 0.05) is 17.4 Å². The van der Waals surface area contributed by atoms with Crippen LogP contribution in [0.2, 0.25) is 0 Å². The van der Waals surface area contributed by atoms with Crippen molar-refractivity contribution in [2.45, 2.75) is 0 Å². The van der Waals surface area contributed by atoms with Gasteiger partial charge in [0.2, 0.25) is 5.78 Å². The molecule has 0 saturated heterocycles. The molecule has 2 aromatic heterocycles. The maximum absolute atomic E-state index is 12.9. The van der Waals surface area contributed by atoms with Gasteiger partial charge in [0.15, 0.2) is 0 Å². The number of fused-ring (bicyclic) bond motifs is 1. The number of para-hydroxylation sites is 1. The van der Waals surface area contributed by atoms with Gasteiger partial charge >= 0.3 is 0 Å². The van der Waals surface area contributed by atoms with E-state index in [2.05, 4.69) is 15.5 Å². The van der Waals surface area contributed by atoms with Crippen molar-refractivity contribution < 1.29 is 4.79 Å². The summed E-state index contributed by atoms with van der Waals surface area (Å²) in [7, 11) is 0. The fourth-order valence-corrected chi connectivity index (χ4v) is 3.85. The molecule has 0 atom stereocenters. The molecule has 0 aliphatic carbocycles. The van der Waals surface area contributed by atoms with Crippen LogP contribution in [0, 0.1) is 4.91 Å². The van der Waals surface area contributed by atoms with Gasteiger partial charge in [-0.3, -0.25) is 4.79 Å². The molecule has 27 heavy (non-hydrogen) atoms. The first-order chi connectivity index (χ1) is 13.2. The van der Waals surface area contributed by atoms with Crippen LogP contribution in [0.25, 0.3) is 10.2 Å². The molecule has 7 heteroatoms. The molecule has 0 fully saturated rings. The Hall–Kier alpha value is -3.58. The summed E-state index contributed by atoms with van der Waals surface area (Å²) in [5.74, 6) is -0.210. The standard InChI is InChI=1S/C20H14N4O2S/c21-17-16-15(23-13-4-2-1-3-5-13)10-11-22-20(16)27-19(17)18(25)12-6-8-14(24-26)9-7-12/h1-11H,21H2,(H,22,23). The van der Waals surface area contributed by atoms with Crippen molar-refractivity contribution in [2.75, 3.05) is 11.1 Å². The number of nitrogens with two attached hydrogens (primary N) is 1. The molecule has 4 aromatic rings. The van der Waals surface area contributed by atoms with Crippen LogP contribution in [0.3, 0.4) is 0 Å². The molecule has 0 radical (unpaired) electrons. The second-order valence-electron chi connectivity index (χ2n) is 5.84. The average molecular weight is 374 g/mol. The second kappa shape index (κ2) is 6.97. The Morgan fingerprint density at radius 1 is 1.04 bits per heavy atom. The molecule has 3 N–H and O–H groups in total. The first kappa shape index (κ1) is 16.9. The normalized spacial score (nSPS) is 10.7. The van der Waals surface area contributed by atoms with Gasteiger partial charge in [-0.15, -0.1) is 16.2 Å². The number of pyridine rings is 1. The highest BCUT2D eigenvalue weighted by Gasteiger charge is 2.20. The molecule has 0 aliphatic heterocycles. The summed E-state index contributed by atoms with van der Waals surface area (Å²) >= 11 is 1.25. The van der Waals surface area contributed by atoms with Crippen molar-refractivity contribution >= 4 is 50.1 Å². The van der Waals surface area contributed by atoms with Gasteiger partial charge in [0.1, 0.15) is 15.4 Å². The number of nitroso groups, excluding NO2 is 1. The van der Waals surface area contributed by atoms with Crippen molar-refractivity contribution in [2.24, 2.45) is 5.18 Å². The molecule has 132 valence electrons. The summed E-state index contributed by atoms with van der Waals surface area (Å²) in [5.41, 5.74) is 9.14. The van der Waals surface area contributed by atoms with Crippen LogP contribution in [-0.4, -0.2) is 10.8 Å². The number of ketones is 1. The monoisotopic (exact) mass is 374 g/mol. The minimum atomic E-state index is -0.210. The van der Waals surface area contributed by atoms with E-state index >= 15 is 0 Å². The van der Waals surface area contributed by atoms with Crippen molar-refractivity contribution in [1.82, 2.24) is 4.98 Å². The summed E-state index contributed by atoms with van der Waals surface area (Å²) in [6, 6.07) is 17.7. The van der Waals surface area contributed by atoms with Crippen LogP contribution in [0.15, 0.2) is 72.0 Å². The van der Waals surface area contributed by atoms with Crippen LogP contribution in [0.5, 0.6) is 0 Å². The number of hydrogen-bond donors (Lipinski definition) is 2. The molecule has 0 bridgehead atoms. The number of nitrogens with zero attached hydrogens (tertiary/aromatic N) is 2. The zero-order chi connectivity index (χ0) is 18.8. The molecule has 0 spiro atoms. The molecule has 0 saturated carbocycles. The van der Waals surface area contributed by atoms with Gasteiger partial charge in [-0.2, -0.15) is 0 Å². The number of nitrogen functional groups attached to an aromatic ring is 1. The number of anilines is 3. The third-order valence-electron chi connectivity index (χ3n) is 4.12. The average Bonchev–Trinajstić information content (AvgIpc) is 3.06. The van der Waals surface area contributed by atoms with Crippen LogP contribution in [0.1, 0.15) is 15.2 Å². The highest BCUT2D eigenvalue weighted by Crippen LogP contribution is 2.39. The van der Waals surface area contributed by atoms with E-state index < -0.39 is 0 Å². The summed E-state index contributed by atoms with van der Waals surface area (Å²) in [5, 5.41) is 6.89. The number of carbonyl (C=O) groups is 1. The lowest BCUT2D eigenvalue weighted by Gasteiger charge is -2.08. The maximum Gasteiger partial charge on any atom is 0.205 e. The molecule has 0 aliphatic rings. The molecule has 0 amide bonds. The SMILES string of the molecule is Nc1c(C(=O)c2ccc(N=O)cc2)sc2nccc(Nc3ccccc3)c12. The van der Waals surface area contributed by atoms with Gasteiger partial charge in [-0.05, 0) is 47.6 Å². The number of aromatic nitrogens is 1. The molecule has 2 heterocycles. The lowest BCUT2D eigenvalue weighted by molar-refractivity contribution is 0.104. The fraction of sp³-hybridized carbons (Fsp3) is 0. The van der Waals surface area contributed by atoms with Crippen molar-refractivity contribution in [1.29, 1.82) is 0 Å². The Morgan fingerprint density at radius 3 is 2.48 bits per heavy atom.